The van der Waals surface area contributed by atoms with Crippen molar-refractivity contribution in [2.45, 2.75) is 112 Å². The molecule has 4 aromatic rings. The lowest BCUT2D eigenvalue weighted by Gasteiger charge is -2.31. The molecule has 19 nitrogen and oxygen atoms in total. The Morgan fingerprint density at radius 3 is 1.54 bits per heavy atom. The number of nitrogens with zero attached hydrogens (tertiary/aromatic N) is 8. The molecule has 0 aromatic carbocycles. The van der Waals surface area contributed by atoms with E-state index < -0.39 is 77.0 Å². The first kappa shape index (κ1) is 35.9. The molecule has 0 bridgehead atoms. The molecule has 2 saturated heterocycles. The summed E-state index contributed by atoms with van der Waals surface area (Å²) in [5.41, 5.74) is 7.93. The van der Waals surface area contributed by atoms with E-state index in [1.54, 1.807) is 12.1 Å². The van der Waals surface area contributed by atoms with E-state index in [1.165, 1.54) is 33.8 Å². The Morgan fingerprint density at radius 1 is 0.796 bits per heavy atom. The van der Waals surface area contributed by atoms with Crippen molar-refractivity contribution >= 4 is 28.8 Å². The minimum absolute atomic E-state index is 0.0731. The van der Waals surface area contributed by atoms with Crippen molar-refractivity contribution in [1.29, 1.82) is 10.5 Å². The van der Waals surface area contributed by atoms with E-state index >= 15 is 0 Å². The molecule has 0 amide bonds. The Labute approximate surface area is 307 Å². The quantitative estimate of drug-likeness (QED) is 0.121. The van der Waals surface area contributed by atoms with Crippen LogP contribution in [0.5, 0.6) is 0 Å². The molecule has 2 aliphatic carbocycles. The summed E-state index contributed by atoms with van der Waals surface area (Å²) < 4.78 is 26.9. The van der Waals surface area contributed by atoms with Gasteiger partial charge in [0.05, 0.1) is 23.6 Å². The topological polar surface area (TPSA) is 295 Å². The summed E-state index contributed by atoms with van der Waals surface area (Å²) in [6.45, 7) is 3.82. The van der Waals surface area contributed by atoms with Crippen molar-refractivity contribution in [3.63, 3.8) is 0 Å². The number of nitriles is 2. The molecule has 19 heteroatoms. The number of aliphatic hydroxyl groups is 4. The molecule has 0 radical (unpaired) electrons. The second kappa shape index (κ2) is 12.4. The SMILES string of the molecule is CC1(C(C[C@H]2O[C@@](C#N)(c3ccc4c(N)ncnn34)[C@H](O)[C@@H]2O)OC(=O)OC(C[C@H]2O[C@@](C#N)(c3ccc4c(N)ncnn34)[C@H](O)[C@@H]2O)C2(C)CC2)CC1. The van der Waals surface area contributed by atoms with Crippen LogP contribution in [0.2, 0.25) is 0 Å². The third-order valence-electron chi connectivity index (χ3n) is 12.0. The maximum atomic E-state index is 13.6. The molecule has 4 aliphatic rings. The summed E-state index contributed by atoms with van der Waals surface area (Å²) in [6, 6.07) is 10.2. The third-order valence-corrected chi connectivity index (χ3v) is 12.0. The number of carbonyl (C=O) groups is 1. The van der Waals surface area contributed by atoms with Gasteiger partial charge in [-0.1, -0.05) is 13.8 Å². The van der Waals surface area contributed by atoms with E-state index in [0.29, 0.717) is 36.7 Å². The maximum Gasteiger partial charge on any atom is 0.508 e. The predicted octanol–water partition coefficient (Wildman–Crippen LogP) is 0.586. The number of anilines is 2. The summed E-state index contributed by atoms with van der Waals surface area (Å²) in [5, 5.41) is 74.0. The second-order valence-corrected chi connectivity index (χ2v) is 15.4. The Kier molecular flexibility index (Phi) is 8.27. The fraction of sp³-hybridized carbons (Fsp3) is 0.571. The van der Waals surface area contributed by atoms with Crippen LogP contribution in [-0.2, 0) is 30.1 Å². The highest BCUT2D eigenvalue weighted by molar-refractivity contribution is 5.67. The zero-order chi connectivity index (χ0) is 38.4. The number of aliphatic hydroxyl groups excluding tert-OH is 4. The van der Waals surface area contributed by atoms with Crippen molar-refractivity contribution in [3.05, 3.63) is 48.3 Å². The van der Waals surface area contributed by atoms with Gasteiger partial charge >= 0.3 is 6.16 Å². The normalized spacial score (nSPS) is 33.2. The fourth-order valence-electron chi connectivity index (χ4n) is 7.88. The Morgan fingerprint density at radius 2 is 1.19 bits per heavy atom. The maximum absolute atomic E-state index is 13.6. The molecule has 2 unspecified atom stereocenters. The molecule has 6 heterocycles. The fourth-order valence-corrected chi connectivity index (χ4v) is 7.88. The number of carbonyl (C=O) groups excluding carboxylic acids is 1. The molecule has 8 N–H and O–H groups in total. The van der Waals surface area contributed by atoms with E-state index in [0.717, 1.165) is 0 Å². The molecule has 8 rings (SSSR count). The van der Waals surface area contributed by atoms with Crippen molar-refractivity contribution < 1.29 is 44.2 Å². The van der Waals surface area contributed by atoms with Crippen LogP contribution in [0.25, 0.3) is 11.0 Å². The van der Waals surface area contributed by atoms with Gasteiger partial charge in [0.2, 0.25) is 11.2 Å². The van der Waals surface area contributed by atoms with Gasteiger partial charge < -0.3 is 50.8 Å². The average Bonchev–Trinajstić information content (AvgIpc) is 3.89. The summed E-state index contributed by atoms with van der Waals surface area (Å²) in [7, 11) is 0. The first-order valence-corrected chi connectivity index (χ1v) is 17.7. The number of fused-ring (bicyclic) bond motifs is 2. The molecule has 2 saturated carbocycles. The summed E-state index contributed by atoms with van der Waals surface area (Å²) in [6.07, 6.45) is -6.40. The monoisotopic (exact) mass is 744 g/mol. The van der Waals surface area contributed by atoms with Crippen molar-refractivity contribution in [3.8, 4) is 12.1 Å². The Bertz CT molecular complexity index is 2060. The highest BCUT2D eigenvalue weighted by Gasteiger charge is 2.61. The minimum atomic E-state index is -2.03. The third kappa shape index (κ3) is 5.42. The summed E-state index contributed by atoms with van der Waals surface area (Å²) in [4.78, 5) is 21.5. The molecule has 284 valence electrons. The van der Waals surface area contributed by atoms with Crippen LogP contribution in [0.3, 0.4) is 0 Å². The number of hydrogen-bond acceptors (Lipinski definition) is 17. The molecule has 4 aromatic heterocycles. The van der Waals surface area contributed by atoms with Gasteiger partial charge in [-0.2, -0.15) is 20.7 Å². The van der Waals surface area contributed by atoms with Gasteiger partial charge in [-0.05, 0) is 49.9 Å². The van der Waals surface area contributed by atoms with E-state index in [4.69, 9.17) is 30.4 Å². The highest BCUT2D eigenvalue weighted by Crippen LogP contribution is 2.54. The van der Waals surface area contributed by atoms with E-state index in [9.17, 15) is 35.7 Å². The summed E-state index contributed by atoms with van der Waals surface area (Å²) >= 11 is 0. The number of aromatic nitrogens is 6. The van der Waals surface area contributed by atoms with E-state index in [2.05, 4.69) is 20.2 Å². The number of ether oxygens (including phenoxy) is 4. The van der Waals surface area contributed by atoms with E-state index in [1.807, 2.05) is 26.0 Å². The first-order valence-electron chi connectivity index (χ1n) is 17.7. The summed E-state index contributed by atoms with van der Waals surface area (Å²) in [5.74, 6) is 0.289. The van der Waals surface area contributed by atoms with Gasteiger partial charge in [0.1, 0.15) is 72.5 Å². The lowest BCUT2D eigenvalue weighted by Crippen LogP contribution is -2.41. The van der Waals surface area contributed by atoms with Crippen LogP contribution in [0.4, 0.5) is 16.4 Å². The van der Waals surface area contributed by atoms with E-state index in [-0.39, 0.29) is 35.9 Å². The number of rotatable bonds is 10. The predicted molar refractivity (Wildman–Crippen MR) is 182 cm³/mol. The van der Waals surface area contributed by atoms with Crippen LogP contribution < -0.4 is 11.5 Å². The lowest BCUT2D eigenvalue weighted by atomic mass is 9.90. The Hall–Kier alpha value is -5.15. The lowest BCUT2D eigenvalue weighted by molar-refractivity contribution is -0.0950. The molecule has 54 heavy (non-hydrogen) atoms. The number of hydrogen-bond donors (Lipinski definition) is 6. The molecule has 4 fully saturated rings. The first-order chi connectivity index (χ1) is 25.7. The van der Waals surface area contributed by atoms with Crippen molar-refractivity contribution in [2.24, 2.45) is 10.8 Å². The van der Waals surface area contributed by atoms with Crippen LogP contribution in [-0.4, -0.2) is 105 Å². The largest absolute Gasteiger partial charge is 0.508 e. The number of nitrogen functional groups attached to an aromatic ring is 2. The van der Waals surface area contributed by atoms with Gasteiger partial charge in [-0.25, -0.2) is 23.8 Å². The van der Waals surface area contributed by atoms with Gasteiger partial charge in [-0.3, -0.25) is 0 Å². The molecular formula is C35H40N10O9. The van der Waals surface area contributed by atoms with Crippen LogP contribution in [0.1, 0.15) is 63.8 Å². The second-order valence-electron chi connectivity index (χ2n) is 15.4. The molecule has 2 aliphatic heterocycles. The van der Waals surface area contributed by atoms with Gasteiger partial charge in [0.25, 0.3) is 0 Å². The smallest absolute Gasteiger partial charge is 0.430 e. The van der Waals surface area contributed by atoms with Gasteiger partial charge in [0, 0.05) is 23.7 Å². The molecular weight excluding hydrogens is 704 g/mol. The van der Waals surface area contributed by atoms with Gasteiger partial charge in [-0.15, -0.1) is 0 Å². The standard InChI is InChI=1S/C35H40N10O9/c1-32(7-8-32)23(11-19-25(46)27(48)34(13-36,53-19)21-5-3-17-29(38)40-15-42-44(17)21)51-31(50)52-24(33(2)9-10-33)12-20-26(47)28(49)35(14-37,54-20)22-6-4-18-30(39)41-16-43-45(18)22/h3-6,15-16,19-20,23-28,46-49H,7-12H2,1-2H3,(H2,38,40,42)(H2,39,41,43)/t19-,20-,23?,24?,25-,26-,27-,28-,34+,35+/m1/s1. The van der Waals surface area contributed by atoms with Crippen molar-refractivity contribution in [1.82, 2.24) is 29.2 Å². The van der Waals surface area contributed by atoms with Gasteiger partial charge in [0.15, 0.2) is 11.6 Å². The zero-order valence-corrected chi connectivity index (χ0v) is 29.4. The van der Waals surface area contributed by atoms with Crippen molar-refractivity contribution in [2.75, 3.05) is 11.5 Å². The highest BCUT2D eigenvalue weighted by atomic mass is 16.7. The van der Waals surface area contributed by atoms with Crippen LogP contribution in [0.15, 0.2) is 36.9 Å². The number of nitrogens with two attached hydrogens (primary N) is 2. The van der Waals surface area contributed by atoms with Crippen LogP contribution in [0, 0.1) is 33.5 Å². The van der Waals surface area contributed by atoms with Crippen LogP contribution >= 0.6 is 0 Å². The molecule has 0 spiro atoms. The minimum Gasteiger partial charge on any atom is -0.430 e. The molecule has 10 atom stereocenters. The zero-order valence-electron chi connectivity index (χ0n) is 29.4. The Balaban J connectivity index is 0.994. The average molecular weight is 745 g/mol.